The fourth-order valence-corrected chi connectivity index (χ4v) is 5.62. The van der Waals surface area contributed by atoms with E-state index in [0.717, 1.165) is 38.6 Å². The molecule has 8 rings (SSSR count). The lowest BCUT2D eigenvalue weighted by molar-refractivity contribution is 0.446. The Hall–Kier alpha value is -6.60. The van der Waals surface area contributed by atoms with Crippen molar-refractivity contribution in [3.8, 4) is 57.3 Å². The van der Waals surface area contributed by atoms with Gasteiger partial charge >= 0.3 is 6.01 Å². The van der Waals surface area contributed by atoms with Gasteiger partial charge in [-0.15, -0.1) is 0 Å². The highest BCUT2D eigenvalue weighted by atomic mass is 16.5. The zero-order valence-corrected chi connectivity index (χ0v) is 25.8. The maximum absolute atomic E-state index is 6.47. The predicted molar refractivity (Wildman–Crippen MR) is 188 cm³/mol. The molecule has 0 atom stereocenters. The normalized spacial score (nSPS) is 11.0. The van der Waals surface area contributed by atoms with Gasteiger partial charge in [0, 0.05) is 34.1 Å². The average molecular weight is 621 g/mol. The molecule has 0 N–H and O–H groups in total. The van der Waals surface area contributed by atoms with Crippen molar-refractivity contribution >= 4 is 10.8 Å². The molecule has 228 valence electrons. The number of ether oxygens (including phenoxy) is 1. The third-order valence-electron chi connectivity index (χ3n) is 7.95. The number of hydrogen-bond donors (Lipinski definition) is 0. The Morgan fingerprint density at radius 1 is 0.354 bits per heavy atom. The molecule has 7 nitrogen and oxygen atoms in total. The molecule has 0 spiro atoms. The molecule has 0 radical (unpaired) electrons. The third-order valence-corrected chi connectivity index (χ3v) is 7.95. The van der Waals surface area contributed by atoms with Crippen LogP contribution in [-0.2, 0) is 6.42 Å². The third kappa shape index (κ3) is 6.12. The highest BCUT2D eigenvalue weighted by Crippen LogP contribution is 2.33. The van der Waals surface area contributed by atoms with E-state index in [-0.39, 0.29) is 6.01 Å². The first-order valence-electron chi connectivity index (χ1n) is 15.7. The number of nitrogens with zero attached hydrogens (tertiary/aromatic N) is 6. The van der Waals surface area contributed by atoms with E-state index in [1.54, 1.807) is 0 Å². The van der Waals surface area contributed by atoms with Gasteiger partial charge in [-0.2, -0.15) is 9.97 Å². The van der Waals surface area contributed by atoms with E-state index in [4.69, 9.17) is 34.6 Å². The first-order chi connectivity index (χ1) is 23.8. The zero-order chi connectivity index (χ0) is 32.1. The molecule has 0 amide bonds. The van der Waals surface area contributed by atoms with Gasteiger partial charge in [0.1, 0.15) is 11.6 Å². The summed E-state index contributed by atoms with van der Waals surface area (Å²) in [6, 6.07) is 52.1. The highest BCUT2D eigenvalue weighted by molar-refractivity contribution is 5.91. The summed E-state index contributed by atoms with van der Waals surface area (Å²) < 4.78 is 6.47. The van der Waals surface area contributed by atoms with Crippen molar-refractivity contribution in [1.82, 2.24) is 29.9 Å². The largest absolute Gasteiger partial charge is 0.424 e. The fourth-order valence-electron chi connectivity index (χ4n) is 5.62. The molecular weight excluding hydrogens is 592 g/mol. The SMILES string of the molecule is c1ccc(-c2nc(Cc3cccc4c(Oc5nc(-c6ccccc6)nc(-c6ccccc6)n5)cccc34)nc(-c3ccccc3)n2)cc1. The molecule has 0 unspecified atom stereocenters. The lowest BCUT2D eigenvalue weighted by atomic mass is 10.0. The van der Waals surface area contributed by atoms with Crippen molar-refractivity contribution in [3.05, 3.63) is 169 Å². The predicted octanol–water partition coefficient (Wildman–Crippen LogP) is 9.26. The summed E-state index contributed by atoms with van der Waals surface area (Å²) in [7, 11) is 0. The van der Waals surface area contributed by atoms with Crippen LogP contribution in [0.3, 0.4) is 0 Å². The Morgan fingerprint density at radius 2 is 0.771 bits per heavy atom. The second kappa shape index (κ2) is 13.0. The lowest BCUT2D eigenvalue weighted by Gasteiger charge is -2.13. The molecule has 8 aromatic rings. The average Bonchev–Trinajstić information content (AvgIpc) is 3.16. The van der Waals surface area contributed by atoms with Crippen molar-refractivity contribution in [2.24, 2.45) is 0 Å². The molecule has 7 heteroatoms. The molecule has 0 aliphatic carbocycles. The van der Waals surface area contributed by atoms with Crippen LogP contribution in [-0.4, -0.2) is 29.9 Å². The summed E-state index contributed by atoms with van der Waals surface area (Å²) in [5.41, 5.74) is 4.70. The summed E-state index contributed by atoms with van der Waals surface area (Å²) in [4.78, 5) is 28.9. The van der Waals surface area contributed by atoms with E-state index in [1.165, 1.54) is 0 Å². The van der Waals surface area contributed by atoms with Crippen LogP contribution >= 0.6 is 0 Å². The number of aromatic nitrogens is 6. The Labute approximate surface area is 277 Å². The van der Waals surface area contributed by atoms with Gasteiger partial charge in [0.05, 0.1) is 0 Å². The summed E-state index contributed by atoms with van der Waals surface area (Å²) in [6.45, 7) is 0. The van der Waals surface area contributed by atoms with E-state index < -0.39 is 0 Å². The molecule has 0 aliphatic heterocycles. The summed E-state index contributed by atoms with van der Waals surface area (Å²) in [5, 5.41) is 1.96. The van der Waals surface area contributed by atoms with Gasteiger partial charge in [0.2, 0.25) is 0 Å². The molecule has 0 fully saturated rings. The maximum atomic E-state index is 6.47. The van der Waals surface area contributed by atoms with Crippen LogP contribution in [0.25, 0.3) is 56.3 Å². The van der Waals surface area contributed by atoms with E-state index in [9.17, 15) is 0 Å². The molecular formula is C41H28N6O. The van der Waals surface area contributed by atoms with Gasteiger partial charge < -0.3 is 4.74 Å². The fraction of sp³-hybridized carbons (Fsp3) is 0.0244. The van der Waals surface area contributed by atoms with Gasteiger partial charge in [-0.25, -0.2) is 19.9 Å². The number of fused-ring (bicyclic) bond motifs is 1. The first-order valence-corrected chi connectivity index (χ1v) is 15.7. The topological polar surface area (TPSA) is 86.6 Å². The van der Waals surface area contributed by atoms with Crippen molar-refractivity contribution < 1.29 is 4.74 Å². The quantitative estimate of drug-likeness (QED) is 0.167. The molecule has 0 bridgehead atoms. The van der Waals surface area contributed by atoms with Crippen LogP contribution in [0.15, 0.2) is 158 Å². The van der Waals surface area contributed by atoms with Crippen LogP contribution in [0.1, 0.15) is 11.4 Å². The molecule has 2 aromatic heterocycles. The van der Waals surface area contributed by atoms with E-state index in [1.807, 2.05) is 146 Å². The second-order valence-electron chi connectivity index (χ2n) is 11.2. The highest BCUT2D eigenvalue weighted by Gasteiger charge is 2.16. The molecule has 0 saturated heterocycles. The molecule has 2 heterocycles. The standard InChI is InChI=1S/C41H28N6O/c1-5-15-28(16-6-1)37-42-36(43-38(44-37)29-17-7-2-8-18-29)27-32-23-13-25-34-33(32)24-14-26-35(34)48-41-46-39(30-19-9-3-10-20-30)45-40(47-41)31-21-11-4-12-22-31/h1-26H,27H2. The van der Waals surface area contributed by atoms with Gasteiger partial charge in [-0.3, -0.25) is 0 Å². The lowest BCUT2D eigenvalue weighted by Crippen LogP contribution is -2.04. The van der Waals surface area contributed by atoms with Gasteiger partial charge in [-0.05, 0) is 17.0 Å². The maximum Gasteiger partial charge on any atom is 0.326 e. The molecule has 6 aromatic carbocycles. The summed E-state index contributed by atoms with van der Waals surface area (Å²) in [5.74, 6) is 3.68. The van der Waals surface area contributed by atoms with Crippen LogP contribution in [0.4, 0.5) is 0 Å². The Bertz CT molecular complexity index is 2050. The molecule has 0 saturated carbocycles. The number of benzene rings is 6. The van der Waals surface area contributed by atoms with E-state index >= 15 is 0 Å². The van der Waals surface area contributed by atoms with Crippen molar-refractivity contribution in [3.63, 3.8) is 0 Å². The minimum Gasteiger partial charge on any atom is -0.424 e. The monoisotopic (exact) mass is 620 g/mol. The van der Waals surface area contributed by atoms with Crippen molar-refractivity contribution in [1.29, 1.82) is 0 Å². The Morgan fingerprint density at radius 3 is 1.25 bits per heavy atom. The van der Waals surface area contributed by atoms with Crippen molar-refractivity contribution in [2.45, 2.75) is 6.42 Å². The first kappa shape index (κ1) is 28.8. The van der Waals surface area contributed by atoms with E-state index in [0.29, 0.717) is 41.3 Å². The summed E-state index contributed by atoms with van der Waals surface area (Å²) in [6.07, 6.45) is 0.505. The van der Waals surface area contributed by atoms with Crippen LogP contribution in [0, 0.1) is 0 Å². The second-order valence-corrected chi connectivity index (χ2v) is 11.2. The molecule has 0 aliphatic rings. The Balaban J connectivity index is 1.18. The minimum absolute atomic E-state index is 0.220. The molecule has 48 heavy (non-hydrogen) atoms. The van der Waals surface area contributed by atoms with Crippen LogP contribution in [0.5, 0.6) is 11.8 Å². The van der Waals surface area contributed by atoms with E-state index in [2.05, 4.69) is 12.1 Å². The summed E-state index contributed by atoms with van der Waals surface area (Å²) >= 11 is 0. The van der Waals surface area contributed by atoms with Crippen LogP contribution < -0.4 is 4.74 Å². The van der Waals surface area contributed by atoms with Gasteiger partial charge in [0.25, 0.3) is 0 Å². The van der Waals surface area contributed by atoms with Crippen molar-refractivity contribution in [2.75, 3.05) is 0 Å². The Kier molecular flexibility index (Phi) is 7.83. The smallest absolute Gasteiger partial charge is 0.326 e. The minimum atomic E-state index is 0.220. The zero-order valence-electron chi connectivity index (χ0n) is 25.8. The van der Waals surface area contributed by atoms with Crippen LogP contribution in [0.2, 0.25) is 0 Å². The van der Waals surface area contributed by atoms with Gasteiger partial charge in [-0.1, -0.05) is 152 Å². The number of hydrogen-bond acceptors (Lipinski definition) is 7. The number of rotatable bonds is 8. The van der Waals surface area contributed by atoms with Gasteiger partial charge in [0.15, 0.2) is 23.3 Å².